The quantitative estimate of drug-likeness (QED) is 0.219. The van der Waals surface area contributed by atoms with Crippen molar-refractivity contribution in [2.45, 2.75) is 32.1 Å². The van der Waals surface area contributed by atoms with E-state index in [1.54, 1.807) is 19.1 Å². The number of ether oxygens (including phenoxy) is 3. The van der Waals surface area contributed by atoms with Gasteiger partial charge in [0.1, 0.15) is 36.3 Å². The summed E-state index contributed by atoms with van der Waals surface area (Å²) >= 11 is 0. The summed E-state index contributed by atoms with van der Waals surface area (Å²) < 4.78 is 16.4. The number of benzene rings is 1. The Bertz CT molecular complexity index is 743. The summed E-state index contributed by atoms with van der Waals surface area (Å²) in [5.74, 6) is 2.54. The molecule has 146 valence electrons. The second-order valence-corrected chi connectivity index (χ2v) is 5.82. The number of aliphatic hydroxyl groups is 1. The van der Waals surface area contributed by atoms with Crippen LogP contribution in [0.5, 0.6) is 5.75 Å². The molecule has 1 aliphatic rings. The summed E-state index contributed by atoms with van der Waals surface area (Å²) in [6.45, 7) is 4.12. The zero-order valence-electron chi connectivity index (χ0n) is 15.1. The summed E-state index contributed by atoms with van der Waals surface area (Å²) in [7, 11) is 0. The number of hydrogen-bond donors (Lipinski definition) is 2. The van der Waals surface area contributed by atoms with E-state index in [2.05, 4.69) is 5.32 Å². The molecule has 0 spiro atoms. The van der Waals surface area contributed by atoms with Crippen molar-refractivity contribution in [2.24, 2.45) is 0 Å². The Morgan fingerprint density at radius 2 is 2.30 bits per heavy atom. The summed E-state index contributed by atoms with van der Waals surface area (Å²) in [5.41, 5.74) is 0.385. The first-order valence-electron chi connectivity index (χ1n) is 8.46. The number of aliphatic hydroxyl groups excluding tert-OH is 1. The second-order valence-electron chi connectivity index (χ2n) is 5.82. The van der Waals surface area contributed by atoms with E-state index in [-0.39, 0.29) is 18.9 Å². The minimum absolute atomic E-state index is 0.0936. The first kappa shape index (κ1) is 20.4. The van der Waals surface area contributed by atoms with Crippen LogP contribution in [-0.2, 0) is 14.3 Å². The van der Waals surface area contributed by atoms with Gasteiger partial charge in [-0.3, -0.25) is 10.1 Å². The molecule has 1 heterocycles. The first-order chi connectivity index (χ1) is 13.0. The van der Waals surface area contributed by atoms with Gasteiger partial charge in [0, 0.05) is 30.0 Å². The highest BCUT2D eigenvalue weighted by Gasteiger charge is 2.35. The largest absolute Gasteiger partial charge is 0.494 e. The van der Waals surface area contributed by atoms with Gasteiger partial charge in [-0.25, -0.2) is 4.79 Å². The Morgan fingerprint density at radius 1 is 1.52 bits per heavy atom. The highest BCUT2D eigenvalue weighted by atomic mass is 16.6. The van der Waals surface area contributed by atoms with Crippen LogP contribution in [0.15, 0.2) is 36.2 Å². The fraction of sp³-hybridized carbons (Fsp3) is 0.444. The molecular formula is C18H22N2O7. The molecule has 0 radical (unpaired) electrons. The molecule has 1 aliphatic heterocycles. The van der Waals surface area contributed by atoms with Crippen LogP contribution in [-0.4, -0.2) is 48.0 Å². The molecule has 1 unspecified atom stereocenters. The van der Waals surface area contributed by atoms with E-state index >= 15 is 0 Å². The Labute approximate surface area is 156 Å². The average Bonchev–Trinajstić information content (AvgIpc) is 2.65. The van der Waals surface area contributed by atoms with Gasteiger partial charge in [0.25, 0.3) is 5.69 Å². The molecule has 1 aromatic carbocycles. The third-order valence-corrected chi connectivity index (χ3v) is 3.96. The number of nitro groups is 1. The van der Waals surface area contributed by atoms with E-state index in [4.69, 9.17) is 14.2 Å². The molecule has 9 nitrogen and oxygen atoms in total. The molecule has 1 aromatic rings. The van der Waals surface area contributed by atoms with E-state index in [9.17, 15) is 20.0 Å². The van der Waals surface area contributed by atoms with Crippen LogP contribution in [0.1, 0.15) is 25.5 Å². The zero-order valence-corrected chi connectivity index (χ0v) is 15.1. The highest BCUT2D eigenvalue weighted by molar-refractivity contribution is 5.47. The van der Waals surface area contributed by atoms with Gasteiger partial charge in [-0.1, -0.05) is 0 Å². The van der Waals surface area contributed by atoms with E-state index in [1.165, 1.54) is 24.3 Å². The third kappa shape index (κ3) is 5.30. The third-order valence-electron chi connectivity index (χ3n) is 3.96. The smallest absolute Gasteiger partial charge is 0.270 e. The molecule has 0 aromatic heterocycles. The lowest BCUT2D eigenvalue weighted by Gasteiger charge is -2.35. The van der Waals surface area contributed by atoms with Gasteiger partial charge in [0.2, 0.25) is 0 Å². The molecule has 0 amide bonds. The van der Waals surface area contributed by atoms with Gasteiger partial charge in [-0.05, 0) is 19.9 Å². The molecule has 2 rings (SSSR count). The molecule has 0 fully saturated rings. The van der Waals surface area contributed by atoms with E-state index in [1.807, 2.05) is 6.92 Å². The van der Waals surface area contributed by atoms with Crippen molar-refractivity contribution in [3.8, 4) is 5.75 Å². The van der Waals surface area contributed by atoms with Crippen LogP contribution in [0.3, 0.4) is 0 Å². The van der Waals surface area contributed by atoms with Gasteiger partial charge >= 0.3 is 0 Å². The minimum atomic E-state index is -0.933. The predicted octanol–water partition coefficient (Wildman–Crippen LogP) is 1.65. The molecule has 0 saturated heterocycles. The predicted molar refractivity (Wildman–Crippen MR) is 95.9 cm³/mol. The van der Waals surface area contributed by atoms with Crippen LogP contribution in [0.4, 0.5) is 5.69 Å². The van der Waals surface area contributed by atoms with Gasteiger partial charge < -0.3 is 24.6 Å². The molecular weight excluding hydrogens is 356 g/mol. The zero-order chi connectivity index (χ0) is 19.8. The maximum Gasteiger partial charge on any atom is 0.270 e. The van der Waals surface area contributed by atoms with E-state index in [0.29, 0.717) is 23.7 Å². The lowest BCUT2D eigenvalue weighted by molar-refractivity contribution is -0.385. The van der Waals surface area contributed by atoms with Crippen molar-refractivity contribution < 1.29 is 29.0 Å². The van der Waals surface area contributed by atoms with Crippen LogP contribution in [0.25, 0.3) is 0 Å². The lowest BCUT2D eigenvalue weighted by Crippen LogP contribution is -2.43. The Morgan fingerprint density at radius 3 is 2.96 bits per heavy atom. The number of hydrogen-bond acceptors (Lipinski definition) is 8. The number of carbonyl (C=O) groups excluding carboxylic acids is 1. The van der Waals surface area contributed by atoms with Crippen molar-refractivity contribution >= 4 is 11.6 Å². The SMILES string of the molecule is CCO/C(=C/NC1c2cc([N+](=O)[O-])ccc2O[C@@H](C)[C@@H]1O)COCC=C=O. The maximum absolute atomic E-state index is 11.1. The number of non-ortho nitro benzene ring substituents is 1. The minimum Gasteiger partial charge on any atom is -0.494 e. The summed E-state index contributed by atoms with van der Waals surface area (Å²) in [4.78, 5) is 20.7. The Hall–Kier alpha value is -2.87. The van der Waals surface area contributed by atoms with Crippen molar-refractivity contribution in [3.63, 3.8) is 0 Å². The highest BCUT2D eigenvalue weighted by Crippen LogP contribution is 2.37. The van der Waals surface area contributed by atoms with Crippen LogP contribution < -0.4 is 10.1 Å². The molecule has 27 heavy (non-hydrogen) atoms. The molecule has 3 atom stereocenters. The second kappa shape index (κ2) is 9.72. The van der Waals surface area contributed by atoms with Crippen LogP contribution in [0.2, 0.25) is 0 Å². The monoisotopic (exact) mass is 378 g/mol. The Balaban J connectivity index is 2.23. The standard InChI is InChI=1S/C18H22N2O7/c1-3-26-14(11-25-8-4-7-21)10-19-17-15-9-13(20(23)24)5-6-16(15)27-12(2)18(17)22/h4-6,9-10,12,17-19,22H,3,8,11H2,1-2H3/b14-10+/t12-,17?,18-/m0/s1. The molecule has 0 aliphatic carbocycles. The van der Waals surface area contributed by atoms with Crippen LogP contribution in [0, 0.1) is 10.1 Å². The average molecular weight is 378 g/mol. The topological polar surface area (TPSA) is 120 Å². The first-order valence-corrected chi connectivity index (χ1v) is 8.46. The number of rotatable bonds is 9. The summed E-state index contributed by atoms with van der Waals surface area (Å²) in [6.07, 6.45) is 1.31. The Kier molecular flexibility index (Phi) is 7.36. The van der Waals surface area contributed by atoms with Gasteiger partial charge in [-0.2, -0.15) is 0 Å². The van der Waals surface area contributed by atoms with E-state index < -0.39 is 23.2 Å². The summed E-state index contributed by atoms with van der Waals surface area (Å²) in [6, 6.07) is 3.62. The van der Waals surface area contributed by atoms with Crippen molar-refractivity contribution in [1.29, 1.82) is 0 Å². The van der Waals surface area contributed by atoms with Crippen LogP contribution >= 0.6 is 0 Å². The van der Waals surface area contributed by atoms with Gasteiger partial charge in [0.05, 0.1) is 24.2 Å². The van der Waals surface area contributed by atoms with Crippen molar-refractivity contribution in [3.05, 3.63) is 51.9 Å². The molecule has 2 N–H and O–H groups in total. The number of fused-ring (bicyclic) bond motifs is 1. The number of nitrogens with one attached hydrogen (secondary N) is 1. The summed E-state index contributed by atoms with van der Waals surface area (Å²) in [5, 5.41) is 24.6. The fourth-order valence-electron chi connectivity index (χ4n) is 2.66. The normalized spacial score (nSPS) is 21.4. The van der Waals surface area contributed by atoms with Gasteiger partial charge in [0.15, 0.2) is 0 Å². The molecule has 0 bridgehead atoms. The van der Waals surface area contributed by atoms with Crippen molar-refractivity contribution in [1.82, 2.24) is 5.32 Å². The lowest BCUT2D eigenvalue weighted by atomic mass is 9.94. The van der Waals surface area contributed by atoms with Gasteiger partial charge in [-0.15, -0.1) is 0 Å². The molecule has 0 saturated carbocycles. The van der Waals surface area contributed by atoms with Crippen molar-refractivity contribution in [2.75, 3.05) is 19.8 Å². The van der Waals surface area contributed by atoms with E-state index in [0.717, 1.165) is 0 Å². The molecule has 9 heteroatoms. The number of nitrogens with zero attached hydrogens (tertiary/aromatic N) is 1. The number of nitro benzene ring substituents is 1. The fourth-order valence-corrected chi connectivity index (χ4v) is 2.66. The maximum atomic E-state index is 11.1.